The Kier molecular flexibility index (Phi) is 3.53. The molecule has 21 heavy (non-hydrogen) atoms. The average molecular weight is 289 g/mol. The number of Topliss-reactive ketones (excluding diaryl/α,β-unsaturated/α-hetero) is 1. The number of carbonyl (C=O) groups excluding carboxylic acids is 1. The van der Waals surface area contributed by atoms with Gasteiger partial charge in [0.15, 0.2) is 5.82 Å². The number of hydrogen-bond donors (Lipinski definition) is 0. The minimum atomic E-state index is 0.250. The molecule has 1 saturated heterocycles. The Hall–Kier alpha value is -1.23. The Morgan fingerprint density at radius 1 is 1.14 bits per heavy atom. The van der Waals surface area contributed by atoms with E-state index in [1.807, 2.05) is 0 Å². The zero-order valence-corrected chi connectivity index (χ0v) is 12.5. The second-order valence-electron chi connectivity index (χ2n) is 6.82. The Morgan fingerprint density at radius 2 is 2.05 bits per heavy atom. The summed E-state index contributed by atoms with van der Waals surface area (Å²) in [6, 6.07) is 0.400. The van der Waals surface area contributed by atoms with Gasteiger partial charge >= 0.3 is 0 Å². The van der Waals surface area contributed by atoms with Crippen LogP contribution in [0.2, 0.25) is 0 Å². The zero-order chi connectivity index (χ0) is 14.2. The number of rotatable bonds is 4. The van der Waals surface area contributed by atoms with Gasteiger partial charge in [0.1, 0.15) is 5.78 Å². The van der Waals surface area contributed by atoms with E-state index in [0.717, 1.165) is 50.5 Å². The van der Waals surface area contributed by atoms with Crippen molar-refractivity contribution in [2.45, 2.75) is 69.9 Å². The Bertz CT molecular complexity index is 523. The molecule has 5 heteroatoms. The third-order valence-corrected chi connectivity index (χ3v) is 5.24. The van der Waals surface area contributed by atoms with Crippen LogP contribution in [0.5, 0.6) is 0 Å². The fourth-order valence-electron chi connectivity index (χ4n) is 3.93. The van der Waals surface area contributed by atoms with Gasteiger partial charge in [0.05, 0.1) is 6.54 Å². The van der Waals surface area contributed by atoms with Crippen LogP contribution in [0.25, 0.3) is 0 Å². The lowest BCUT2D eigenvalue weighted by Gasteiger charge is -2.37. The highest BCUT2D eigenvalue weighted by Crippen LogP contribution is 2.39. The first kappa shape index (κ1) is 13.4. The van der Waals surface area contributed by atoms with Crippen LogP contribution in [0.3, 0.4) is 0 Å². The van der Waals surface area contributed by atoms with Gasteiger partial charge in [-0.2, -0.15) is 4.98 Å². The highest BCUT2D eigenvalue weighted by atomic mass is 16.5. The predicted octanol–water partition coefficient (Wildman–Crippen LogP) is 2.67. The molecule has 1 aromatic heterocycles. The van der Waals surface area contributed by atoms with E-state index in [9.17, 15) is 4.79 Å². The summed E-state index contributed by atoms with van der Waals surface area (Å²) in [5, 5.41) is 4.14. The molecule has 1 aliphatic heterocycles. The molecule has 2 aliphatic carbocycles. The number of aromatic nitrogens is 2. The predicted molar refractivity (Wildman–Crippen MR) is 76.7 cm³/mol. The van der Waals surface area contributed by atoms with Gasteiger partial charge in [-0.1, -0.05) is 11.6 Å². The van der Waals surface area contributed by atoms with Crippen molar-refractivity contribution < 1.29 is 9.32 Å². The number of carbonyl (C=O) groups is 1. The molecule has 3 aliphatic rings. The maximum Gasteiger partial charge on any atom is 0.229 e. The van der Waals surface area contributed by atoms with Gasteiger partial charge in [-0.15, -0.1) is 0 Å². The van der Waals surface area contributed by atoms with Crippen molar-refractivity contribution in [1.29, 1.82) is 0 Å². The molecule has 0 spiro atoms. The minimum absolute atomic E-state index is 0.250. The maximum absolute atomic E-state index is 12.1. The molecule has 0 bridgehead atoms. The molecular weight excluding hydrogens is 266 g/mol. The fraction of sp³-hybridized carbons (Fsp3) is 0.812. The molecular formula is C16H23N3O2. The van der Waals surface area contributed by atoms with Gasteiger partial charge in [-0.05, 0) is 45.1 Å². The second-order valence-corrected chi connectivity index (χ2v) is 6.82. The standard InChI is InChI=1S/C16H23N3O2/c20-14-6-3-4-12(14)13-5-1-2-9-19(13)10-15-17-16(21-18-15)11-7-8-11/h11-13H,1-10H2. The number of hydrogen-bond acceptors (Lipinski definition) is 5. The summed E-state index contributed by atoms with van der Waals surface area (Å²) in [7, 11) is 0. The molecule has 2 atom stereocenters. The van der Waals surface area contributed by atoms with Crippen LogP contribution in [0.1, 0.15) is 69.0 Å². The average Bonchev–Trinajstić information content (AvgIpc) is 3.10. The van der Waals surface area contributed by atoms with Crippen molar-refractivity contribution in [2.75, 3.05) is 6.54 Å². The summed E-state index contributed by atoms with van der Waals surface area (Å²) in [4.78, 5) is 19.1. The maximum atomic E-state index is 12.1. The normalized spacial score (nSPS) is 31.0. The topological polar surface area (TPSA) is 59.2 Å². The van der Waals surface area contributed by atoms with E-state index in [4.69, 9.17) is 4.52 Å². The summed E-state index contributed by atoms with van der Waals surface area (Å²) in [5.74, 6) is 2.85. The van der Waals surface area contributed by atoms with Gasteiger partial charge in [0, 0.05) is 24.3 Å². The highest BCUT2D eigenvalue weighted by molar-refractivity contribution is 5.83. The van der Waals surface area contributed by atoms with E-state index in [2.05, 4.69) is 15.0 Å². The van der Waals surface area contributed by atoms with Crippen LogP contribution in [-0.4, -0.2) is 33.4 Å². The van der Waals surface area contributed by atoms with E-state index < -0.39 is 0 Å². The van der Waals surface area contributed by atoms with Crippen LogP contribution in [-0.2, 0) is 11.3 Å². The first-order valence-corrected chi connectivity index (χ1v) is 8.40. The molecule has 1 aromatic rings. The largest absolute Gasteiger partial charge is 0.339 e. The van der Waals surface area contributed by atoms with E-state index >= 15 is 0 Å². The molecule has 5 nitrogen and oxygen atoms in total. The van der Waals surface area contributed by atoms with Gasteiger partial charge < -0.3 is 4.52 Å². The molecule has 2 unspecified atom stereocenters. The van der Waals surface area contributed by atoms with Gasteiger partial charge in [-0.25, -0.2) is 0 Å². The number of nitrogens with zero attached hydrogens (tertiary/aromatic N) is 3. The molecule has 4 rings (SSSR count). The van der Waals surface area contributed by atoms with Gasteiger partial charge in [0.2, 0.25) is 5.89 Å². The molecule has 0 radical (unpaired) electrons. The summed E-state index contributed by atoms with van der Waals surface area (Å²) >= 11 is 0. The van der Waals surface area contributed by atoms with Gasteiger partial charge in [0.25, 0.3) is 0 Å². The van der Waals surface area contributed by atoms with Crippen LogP contribution in [0.4, 0.5) is 0 Å². The van der Waals surface area contributed by atoms with Crippen molar-refractivity contribution in [3.63, 3.8) is 0 Å². The summed E-state index contributed by atoms with van der Waals surface area (Å²) in [5.41, 5.74) is 0. The Labute approximate surface area is 125 Å². The molecule has 2 heterocycles. The third kappa shape index (κ3) is 2.76. The number of piperidine rings is 1. The quantitative estimate of drug-likeness (QED) is 0.853. The SMILES string of the molecule is O=C1CCCC1C1CCCCN1Cc1noc(C2CC2)n1. The second kappa shape index (κ2) is 5.52. The molecule has 0 aromatic carbocycles. The van der Waals surface area contributed by atoms with Gasteiger partial charge in [-0.3, -0.25) is 9.69 Å². The number of ketones is 1. The van der Waals surface area contributed by atoms with Crippen molar-refractivity contribution in [2.24, 2.45) is 5.92 Å². The van der Waals surface area contributed by atoms with Crippen LogP contribution >= 0.6 is 0 Å². The first-order chi connectivity index (χ1) is 10.3. The highest BCUT2D eigenvalue weighted by Gasteiger charge is 2.37. The van der Waals surface area contributed by atoms with Crippen LogP contribution in [0.15, 0.2) is 4.52 Å². The third-order valence-electron chi connectivity index (χ3n) is 5.24. The molecule has 0 N–H and O–H groups in total. The van der Waals surface area contributed by atoms with Crippen molar-refractivity contribution in [1.82, 2.24) is 15.0 Å². The van der Waals surface area contributed by atoms with E-state index in [-0.39, 0.29) is 5.92 Å². The zero-order valence-electron chi connectivity index (χ0n) is 12.5. The molecule has 0 amide bonds. The molecule has 2 saturated carbocycles. The van der Waals surface area contributed by atoms with E-state index in [0.29, 0.717) is 17.7 Å². The first-order valence-electron chi connectivity index (χ1n) is 8.40. The molecule has 3 fully saturated rings. The number of likely N-dealkylation sites (tertiary alicyclic amines) is 1. The monoisotopic (exact) mass is 289 g/mol. The summed E-state index contributed by atoms with van der Waals surface area (Å²) < 4.78 is 5.36. The van der Waals surface area contributed by atoms with E-state index in [1.165, 1.54) is 25.7 Å². The lowest BCUT2D eigenvalue weighted by molar-refractivity contribution is -0.123. The van der Waals surface area contributed by atoms with Crippen molar-refractivity contribution >= 4 is 5.78 Å². The minimum Gasteiger partial charge on any atom is -0.339 e. The molecule has 114 valence electrons. The van der Waals surface area contributed by atoms with Crippen molar-refractivity contribution in [3.8, 4) is 0 Å². The summed E-state index contributed by atoms with van der Waals surface area (Å²) in [6.07, 6.45) is 8.89. The summed E-state index contributed by atoms with van der Waals surface area (Å²) in [6.45, 7) is 1.80. The fourth-order valence-corrected chi connectivity index (χ4v) is 3.93. The Morgan fingerprint density at radius 3 is 2.81 bits per heavy atom. The lowest BCUT2D eigenvalue weighted by atomic mass is 9.88. The lowest BCUT2D eigenvalue weighted by Crippen LogP contribution is -2.45. The smallest absolute Gasteiger partial charge is 0.229 e. The van der Waals surface area contributed by atoms with Crippen LogP contribution < -0.4 is 0 Å². The van der Waals surface area contributed by atoms with Crippen molar-refractivity contribution in [3.05, 3.63) is 11.7 Å². The van der Waals surface area contributed by atoms with Crippen LogP contribution in [0, 0.1) is 5.92 Å². The Balaban J connectivity index is 1.46. The van der Waals surface area contributed by atoms with E-state index in [1.54, 1.807) is 0 Å².